The van der Waals surface area contributed by atoms with E-state index in [1.165, 1.54) is 11.9 Å². The summed E-state index contributed by atoms with van der Waals surface area (Å²) in [6, 6.07) is 9.05. The van der Waals surface area contributed by atoms with Crippen LogP contribution in [0.25, 0.3) is 0 Å². The molecule has 2 aromatic rings. The zero-order chi connectivity index (χ0) is 29.2. The van der Waals surface area contributed by atoms with Crippen molar-refractivity contribution in [2.45, 2.75) is 43.7 Å². The van der Waals surface area contributed by atoms with Gasteiger partial charge < -0.3 is 9.64 Å². The largest absolute Gasteiger partial charge is 0.439 e. The summed E-state index contributed by atoms with van der Waals surface area (Å²) in [5.74, 6) is -0.800. The first-order chi connectivity index (χ1) is 18.8. The number of rotatable bonds is 7. The molecule has 13 heteroatoms. The van der Waals surface area contributed by atoms with Crippen molar-refractivity contribution in [1.82, 2.24) is 14.7 Å². The number of likely N-dealkylation sites (N-methyl/N-ethyl adjacent to an activating group) is 1. The highest BCUT2D eigenvalue weighted by atomic mass is 19.4. The van der Waals surface area contributed by atoms with Gasteiger partial charge in [-0.1, -0.05) is 30.3 Å². The molecule has 0 aromatic heterocycles. The number of ether oxygens (including phenoxy) is 1. The molecule has 0 radical (unpaired) electrons. The normalized spacial score (nSPS) is 18.1. The quantitative estimate of drug-likeness (QED) is 0.442. The predicted octanol–water partition coefficient (Wildman–Crippen LogP) is 4.91. The van der Waals surface area contributed by atoms with Gasteiger partial charge in [0.2, 0.25) is 5.91 Å². The Morgan fingerprint density at radius 1 is 0.975 bits per heavy atom. The zero-order valence-corrected chi connectivity index (χ0v) is 21.5. The van der Waals surface area contributed by atoms with Crippen molar-refractivity contribution in [2.24, 2.45) is 0 Å². The van der Waals surface area contributed by atoms with Gasteiger partial charge in [-0.2, -0.15) is 26.3 Å². The summed E-state index contributed by atoms with van der Waals surface area (Å²) in [6.45, 7) is 0.309. The standard InChI is InChI=1S/C27H27F6N3O4/c1-34(10-7-17-13-19(26(28,29)30)15-20(14-17)27(31,32)33)24(38)23(18-5-3-2-4-6-18)35-11-8-21(9-12-35)36-22(37)16-40-25(36)39/h2-6,13-15,21,23H,7-12,16H2,1H3/t23-/m0/s1. The minimum atomic E-state index is -4.96. The summed E-state index contributed by atoms with van der Waals surface area (Å²) < 4.78 is 84.3. The number of hydrogen-bond acceptors (Lipinski definition) is 5. The molecule has 2 aromatic carbocycles. The van der Waals surface area contributed by atoms with Crippen molar-refractivity contribution >= 4 is 17.9 Å². The van der Waals surface area contributed by atoms with Gasteiger partial charge in [-0.25, -0.2) is 9.69 Å². The topological polar surface area (TPSA) is 70.2 Å². The molecular formula is C27H27F6N3O4. The van der Waals surface area contributed by atoms with Gasteiger partial charge in [-0.3, -0.25) is 14.5 Å². The van der Waals surface area contributed by atoms with Crippen molar-refractivity contribution in [3.63, 3.8) is 0 Å². The van der Waals surface area contributed by atoms with E-state index in [0.717, 1.165) is 4.90 Å². The van der Waals surface area contributed by atoms with Gasteiger partial charge in [0.05, 0.1) is 11.1 Å². The van der Waals surface area contributed by atoms with Crippen LogP contribution in [-0.4, -0.2) is 71.9 Å². The number of halogens is 6. The monoisotopic (exact) mass is 571 g/mol. The average Bonchev–Trinajstić information content (AvgIpc) is 3.24. The van der Waals surface area contributed by atoms with Gasteiger partial charge in [0, 0.05) is 32.7 Å². The van der Waals surface area contributed by atoms with Crippen LogP contribution < -0.4 is 0 Å². The van der Waals surface area contributed by atoms with Gasteiger partial charge in [0.25, 0.3) is 5.91 Å². The van der Waals surface area contributed by atoms with Crippen molar-refractivity contribution in [1.29, 1.82) is 0 Å². The first-order valence-electron chi connectivity index (χ1n) is 12.6. The van der Waals surface area contributed by atoms with Crippen LogP contribution in [-0.2, 0) is 33.1 Å². The Morgan fingerprint density at radius 3 is 2.05 bits per heavy atom. The smallest absolute Gasteiger partial charge is 0.417 e. The van der Waals surface area contributed by atoms with E-state index in [2.05, 4.69) is 0 Å². The molecule has 2 heterocycles. The molecule has 216 valence electrons. The summed E-state index contributed by atoms with van der Waals surface area (Å²) in [6.07, 6.45) is -10.0. The minimum absolute atomic E-state index is 0.0722. The number of cyclic esters (lactones) is 1. The number of piperidine rings is 1. The second-order valence-electron chi connectivity index (χ2n) is 9.82. The van der Waals surface area contributed by atoms with Gasteiger partial charge in [-0.05, 0) is 48.6 Å². The Labute approximate surface area is 226 Å². The average molecular weight is 572 g/mol. The minimum Gasteiger partial charge on any atom is -0.439 e. The van der Waals surface area contributed by atoms with Crippen molar-refractivity contribution in [3.05, 3.63) is 70.8 Å². The number of carbonyl (C=O) groups excluding carboxylic acids is 3. The molecule has 0 spiro atoms. The van der Waals surface area contributed by atoms with E-state index in [9.17, 15) is 40.7 Å². The van der Waals surface area contributed by atoms with Gasteiger partial charge >= 0.3 is 18.4 Å². The van der Waals surface area contributed by atoms with Crippen LogP contribution in [0, 0.1) is 0 Å². The number of likely N-dealkylation sites (tertiary alicyclic amines) is 1. The maximum atomic E-state index is 13.6. The summed E-state index contributed by atoms with van der Waals surface area (Å²) >= 11 is 0. The third kappa shape index (κ3) is 6.57. The van der Waals surface area contributed by atoms with E-state index in [0.29, 0.717) is 43.6 Å². The number of hydrogen-bond donors (Lipinski definition) is 0. The number of imide groups is 1. The van der Waals surface area contributed by atoms with E-state index in [-0.39, 0.29) is 43.2 Å². The van der Waals surface area contributed by atoms with Crippen molar-refractivity contribution in [2.75, 3.05) is 33.3 Å². The van der Waals surface area contributed by atoms with E-state index < -0.39 is 41.5 Å². The highest BCUT2D eigenvalue weighted by Crippen LogP contribution is 2.36. The zero-order valence-electron chi connectivity index (χ0n) is 21.5. The number of nitrogens with zero attached hydrogens (tertiary/aromatic N) is 3. The Hall–Kier alpha value is -3.61. The molecule has 0 aliphatic carbocycles. The number of amides is 3. The Bertz CT molecular complexity index is 1190. The summed E-state index contributed by atoms with van der Waals surface area (Å²) in [7, 11) is 1.45. The molecule has 4 rings (SSSR count). The second-order valence-corrected chi connectivity index (χ2v) is 9.82. The lowest BCUT2D eigenvalue weighted by molar-refractivity contribution is -0.143. The summed E-state index contributed by atoms with van der Waals surface area (Å²) in [5, 5.41) is 0. The number of carbonyl (C=O) groups is 3. The lowest BCUT2D eigenvalue weighted by Gasteiger charge is -2.39. The highest BCUT2D eigenvalue weighted by molar-refractivity contribution is 5.98. The molecule has 3 amide bonds. The maximum absolute atomic E-state index is 13.6. The molecule has 2 aliphatic heterocycles. The van der Waals surface area contributed by atoms with E-state index in [4.69, 9.17) is 4.74 Å². The van der Waals surface area contributed by atoms with Gasteiger partial charge in [0.1, 0.15) is 6.04 Å². The molecule has 40 heavy (non-hydrogen) atoms. The second kappa shape index (κ2) is 11.5. The molecule has 0 unspecified atom stereocenters. The Kier molecular flexibility index (Phi) is 8.43. The van der Waals surface area contributed by atoms with E-state index in [1.807, 2.05) is 4.90 Å². The predicted molar refractivity (Wildman–Crippen MR) is 130 cm³/mol. The molecule has 2 aliphatic rings. The van der Waals surface area contributed by atoms with Crippen LogP contribution in [0.5, 0.6) is 0 Å². The first-order valence-corrected chi connectivity index (χ1v) is 12.6. The summed E-state index contributed by atoms with van der Waals surface area (Å²) in [4.78, 5) is 41.9. The molecule has 0 N–H and O–H groups in total. The van der Waals surface area contributed by atoms with Crippen LogP contribution in [0.15, 0.2) is 48.5 Å². The van der Waals surface area contributed by atoms with Crippen molar-refractivity contribution in [3.8, 4) is 0 Å². The lowest BCUT2D eigenvalue weighted by Crippen LogP contribution is -2.50. The fraction of sp³-hybridized carbons (Fsp3) is 0.444. The van der Waals surface area contributed by atoms with E-state index in [1.54, 1.807) is 30.3 Å². The van der Waals surface area contributed by atoms with Crippen molar-refractivity contribution < 1.29 is 45.5 Å². The molecule has 2 saturated heterocycles. The van der Waals surface area contributed by atoms with E-state index >= 15 is 0 Å². The number of benzene rings is 2. The van der Waals surface area contributed by atoms with Crippen LogP contribution in [0.3, 0.4) is 0 Å². The van der Waals surface area contributed by atoms with Crippen LogP contribution in [0.1, 0.15) is 41.1 Å². The lowest BCUT2D eigenvalue weighted by atomic mass is 9.97. The SMILES string of the molecule is CN(CCc1cc(C(F)(F)F)cc(C(F)(F)F)c1)C(=O)[C@H](c1ccccc1)N1CCC(N2C(=O)COC2=O)CC1. The molecule has 7 nitrogen and oxygen atoms in total. The fourth-order valence-corrected chi connectivity index (χ4v) is 5.04. The van der Waals surface area contributed by atoms with Gasteiger partial charge in [0.15, 0.2) is 6.61 Å². The highest BCUT2D eigenvalue weighted by Gasteiger charge is 2.41. The Morgan fingerprint density at radius 2 is 1.55 bits per heavy atom. The first kappa shape index (κ1) is 29.4. The maximum Gasteiger partial charge on any atom is 0.417 e. The molecule has 0 saturated carbocycles. The van der Waals surface area contributed by atoms with Crippen LogP contribution in [0.4, 0.5) is 31.1 Å². The van der Waals surface area contributed by atoms with Gasteiger partial charge in [-0.15, -0.1) is 0 Å². The van der Waals surface area contributed by atoms with Crippen LogP contribution >= 0.6 is 0 Å². The Balaban J connectivity index is 1.49. The molecule has 1 atom stereocenters. The summed E-state index contributed by atoms with van der Waals surface area (Å²) in [5.41, 5.74) is -2.35. The molecule has 2 fully saturated rings. The third-order valence-electron chi connectivity index (χ3n) is 7.12. The third-order valence-corrected chi connectivity index (χ3v) is 7.12. The van der Waals surface area contributed by atoms with Crippen LogP contribution in [0.2, 0.25) is 0 Å². The fourth-order valence-electron chi connectivity index (χ4n) is 5.04. The number of alkyl halides is 6. The molecular weight excluding hydrogens is 544 g/mol. The molecule has 0 bridgehead atoms.